The molecule has 0 aromatic heterocycles. The second-order valence-electron chi connectivity index (χ2n) is 4.52. The van der Waals surface area contributed by atoms with Crippen LogP contribution in [0.5, 0.6) is 5.75 Å². The first-order valence-electron chi connectivity index (χ1n) is 6.13. The lowest BCUT2D eigenvalue weighted by Crippen LogP contribution is -2.18. The third-order valence-corrected chi connectivity index (χ3v) is 4.30. The molecule has 0 aliphatic carbocycles. The third-order valence-electron chi connectivity index (χ3n) is 3.10. The van der Waals surface area contributed by atoms with Crippen molar-refractivity contribution in [2.75, 3.05) is 0 Å². The number of halogens is 3. The number of phenolic OH excluding ortho intramolecular Hbond substituents is 1. The molecule has 0 amide bonds. The standard InChI is InChI=1S/C15H14BrCl2NO/c1-9(12-6-5-11(17)7-14(12)18)19-8-10-3-2-4-13(16)15(10)20/h2-7,9,19-20H,8H2,1H3. The molecule has 0 aliphatic heterocycles. The van der Waals surface area contributed by atoms with Gasteiger partial charge in [0, 0.05) is 28.2 Å². The predicted octanol–water partition coefficient (Wildman–Crippen LogP) is 5.31. The summed E-state index contributed by atoms with van der Waals surface area (Å²) >= 11 is 15.4. The van der Waals surface area contributed by atoms with Gasteiger partial charge in [0.05, 0.1) is 4.47 Å². The van der Waals surface area contributed by atoms with Gasteiger partial charge in [-0.25, -0.2) is 0 Å². The van der Waals surface area contributed by atoms with Gasteiger partial charge in [0.2, 0.25) is 0 Å². The van der Waals surface area contributed by atoms with E-state index < -0.39 is 0 Å². The Labute approximate surface area is 136 Å². The van der Waals surface area contributed by atoms with E-state index in [0.29, 0.717) is 21.1 Å². The maximum atomic E-state index is 9.94. The molecule has 2 rings (SSSR count). The van der Waals surface area contributed by atoms with Gasteiger partial charge in [0.25, 0.3) is 0 Å². The third kappa shape index (κ3) is 3.67. The van der Waals surface area contributed by atoms with E-state index in [0.717, 1.165) is 11.1 Å². The summed E-state index contributed by atoms with van der Waals surface area (Å²) in [7, 11) is 0. The fourth-order valence-corrected chi connectivity index (χ4v) is 2.91. The lowest BCUT2D eigenvalue weighted by molar-refractivity contribution is 0.457. The van der Waals surface area contributed by atoms with Gasteiger partial charge in [0.15, 0.2) is 0 Å². The fraction of sp³-hybridized carbons (Fsp3) is 0.200. The van der Waals surface area contributed by atoms with Crippen molar-refractivity contribution >= 4 is 39.1 Å². The van der Waals surface area contributed by atoms with Crippen LogP contribution in [0.25, 0.3) is 0 Å². The van der Waals surface area contributed by atoms with Crippen molar-refractivity contribution in [3.05, 3.63) is 62.0 Å². The van der Waals surface area contributed by atoms with Crippen LogP contribution in [-0.2, 0) is 6.54 Å². The molecule has 0 aliphatic rings. The van der Waals surface area contributed by atoms with E-state index in [2.05, 4.69) is 21.2 Å². The minimum Gasteiger partial charge on any atom is -0.506 e. The first kappa shape index (κ1) is 15.6. The van der Waals surface area contributed by atoms with Crippen LogP contribution in [0.3, 0.4) is 0 Å². The van der Waals surface area contributed by atoms with Crippen molar-refractivity contribution in [1.82, 2.24) is 5.32 Å². The van der Waals surface area contributed by atoms with Crippen molar-refractivity contribution < 1.29 is 5.11 Å². The molecule has 2 aromatic carbocycles. The smallest absolute Gasteiger partial charge is 0.134 e. The van der Waals surface area contributed by atoms with E-state index in [-0.39, 0.29) is 11.8 Å². The first-order valence-corrected chi connectivity index (χ1v) is 7.68. The highest BCUT2D eigenvalue weighted by Crippen LogP contribution is 2.29. The molecule has 1 unspecified atom stereocenters. The summed E-state index contributed by atoms with van der Waals surface area (Å²) in [6, 6.07) is 11.1. The second-order valence-corrected chi connectivity index (χ2v) is 6.21. The van der Waals surface area contributed by atoms with Crippen LogP contribution in [0.15, 0.2) is 40.9 Å². The molecule has 0 heterocycles. The highest BCUT2D eigenvalue weighted by Gasteiger charge is 2.11. The van der Waals surface area contributed by atoms with Gasteiger partial charge in [-0.3, -0.25) is 0 Å². The lowest BCUT2D eigenvalue weighted by Gasteiger charge is -2.16. The maximum Gasteiger partial charge on any atom is 0.134 e. The summed E-state index contributed by atoms with van der Waals surface area (Å²) in [6.07, 6.45) is 0. The van der Waals surface area contributed by atoms with E-state index in [4.69, 9.17) is 23.2 Å². The van der Waals surface area contributed by atoms with Crippen molar-refractivity contribution in [3.63, 3.8) is 0 Å². The summed E-state index contributed by atoms with van der Waals surface area (Å²) in [5.74, 6) is 0.259. The first-order chi connectivity index (χ1) is 9.49. The number of nitrogens with one attached hydrogen (secondary N) is 1. The zero-order chi connectivity index (χ0) is 14.7. The number of phenols is 1. The van der Waals surface area contributed by atoms with Crippen LogP contribution in [0.2, 0.25) is 10.0 Å². The van der Waals surface area contributed by atoms with Crippen LogP contribution >= 0.6 is 39.1 Å². The summed E-state index contributed by atoms with van der Waals surface area (Å²) in [4.78, 5) is 0. The molecule has 0 spiro atoms. The molecule has 2 N–H and O–H groups in total. The van der Waals surface area contributed by atoms with Crippen molar-refractivity contribution in [2.45, 2.75) is 19.5 Å². The van der Waals surface area contributed by atoms with Crippen molar-refractivity contribution in [3.8, 4) is 5.75 Å². The van der Waals surface area contributed by atoms with E-state index in [1.807, 2.05) is 31.2 Å². The van der Waals surface area contributed by atoms with E-state index in [1.165, 1.54) is 0 Å². The quantitative estimate of drug-likeness (QED) is 0.759. The highest BCUT2D eigenvalue weighted by molar-refractivity contribution is 9.10. The Morgan fingerprint density at radius 3 is 2.70 bits per heavy atom. The van der Waals surface area contributed by atoms with Crippen LogP contribution in [0, 0.1) is 0 Å². The number of hydrogen-bond donors (Lipinski definition) is 2. The highest BCUT2D eigenvalue weighted by atomic mass is 79.9. The topological polar surface area (TPSA) is 32.3 Å². The molecule has 0 saturated carbocycles. The number of para-hydroxylation sites is 1. The molecule has 0 bridgehead atoms. The fourth-order valence-electron chi connectivity index (χ4n) is 1.93. The Kier molecular flexibility index (Phi) is 5.33. The van der Waals surface area contributed by atoms with Crippen LogP contribution in [0.1, 0.15) is 24.1 Å². The van der Waals surface area contributed by atoms with Gasteiger partial charge in [-0.2, -0.15) is 0 Å². The summed E-state index contributed by atoms with van der Waals surface area (Å²) in [6.45, 7) is 2.57. The van der Waals surface area contributed by atoms with Crippen molar-refractivity contribution in [2.24, 2.45) is 0 Å². The zero-order valence-corrected chi connectivity index (χ0v) is 13.9. The van der Waals surface area contributed by atoms with Gasteiger partial charge in [-0.15, -0.1) is 0 Å². The predicted molar refractivity (Wildman–Crippen MR) is 87.5 cm³/mol. The summed E-state index contributed by atoms with van der Waals surface area (Å²) in [5.41, 5.74) is 1.81. The Morgan fingerprint density at radius 2 is 2.00 bits per heavy atom. The zero-order valence-electron chi connectivity index (χ0n) is 10.8. The van der Waals surface area contributed by atoms with E-state index >= 15 is 0 Å². The van der Waals surface area contributed by atoms with Gasteiger partial charge in [-0.05, 0) is 46.6 Å². The molecule has 0 radical (unpaired) electrons. The monoisotopic (exact) mass is 373 g/mol. The maximum absolute atomic E-state index is 9.94. The summed E-state index contributed by atoms with van der Waals surface area (Å²) < 4.78 is 0.689. The molecule has 1 atom stereocenters. The Balaban J connectivity index is 2.08. The molecular formula is C15H14BrCl2NO. The van der Waals surface area contributed by atoms with Crippen LogP contribution in [-0.4, -0.2) is 5.11 Å². The van der Waals surface area contributed by atoms with Gasteiger partial charge >= 0.3 is 0 Å². The second kappa shape index (κ2) is 6.81. The van der Waals surface area contributed by atoms with Crippen LogP contribution in [0.4, 0.5) is 0 Å². The van der Waals surface area contributed by atoms with Gasteiger partial charge in [0.1, 0.15) is 5.75 Å². The Bertz CT molecular complexity index is 619. The SMILES string of the molecule is CC(NCc1cccc(Br)c1O)c1ccc(Cl)cc1Cl. The van der Waals surface area contributed by atoms with Crippen molar-refractivity contribution in [1.29, 1.82) is 0 Å². The average Bonchev–Trinajstić information content (AvgIpc) is 2.40. The largest absolute Gasteiger partial charge is 0.506 e. The Hall–Kier alpha value is -0.740. The van der Waals surface area contributed by atoms with Crippen LogP contribution < -0.4 is 5.32 Å². The van der Waals surface area contributed by atoms with E-state index in [9.17, 15) is 5.11 Å². The average molecular weight is 375 g/mol. The molecular weight excluding hydrogens is 361 g/mol. The van der Waals surface area contributed by atoms with E-state index in [1.54, 1.807) is 12.1 Å². The number of aromatic hydroxyl groups is 1. The minimum atomic E-state index is 0.0538. The molecule has 0 fully saturated rings. The lowest BCUT2D eigenvalue weighted by atomic mass is 10.1. The molecule has 20 heavy (non-hydrogen) atoms. The molecule has 2 nitrogen and oxygen atoms in total. The normalized spacial score (nSPS) is 12.4. The number of rotatable bonds is 4. The van der Waals surface area contributed by atoms with Gasteiger partial charge < -0.3 is 10.4 Å². The Morgan fingerprint density at radius 1 is 1.25 bits per heavy atom. The molecule has 5 heteroatoms. The molecule has 0 saturated heterocycles. The minimum absolute atomic E-state index is 0.0538. The van der Waals surface area contributed by atoms with Gasteiger partial charge in [-0.1, -0.05) is 41.4 Å². The summed E-state index contributed by atoms with van der Waals surface area (Å²) in [5, 5.41) is 14.5. The number of benzene rings is 2. The number of hydrogen-bond acceptors (Lipinski definition) is 2. The molecule has 2 aromatic rings. The molecule has 106 valence electrons.